The lowest BCUT2D eigenvalue weighted by atomic mass is 9.84. The first-order valence-corrected chi connectivity index (χ1v) is 19.8. The zero-order valence-electron chi connectivity index (χ0n) is 31.8. The van der Waals surface area contributed by atoms with Crippen molar-refractivity contribution in [2.24, 2.45) is 5.73 Å². The van der Waals surface area contributed by atoms with E-state index < -0.39 is 0 Å². The molecule has 0 bridgehead atoms. The highest BCUT2D eigenvalue weighted by Gasteiger charge is 2.23. The molecule has 0 aliphatic rings. The summed E-state index contributed by atoms with van der Waals surface area (Å²) >= 11 is 0. The maximum absolute atomic E-state index is 6.83. The molecule has 2 N–H and O–H groups in total. The second kappa shape index (κ2) is 13.6. The number of benzene rings is 8. The molecule has 0 saturated heterocycles. The van der Waals surface area contributed by atoms with Gasteiger partial charge in [0, 0.05) is 38.5 Å². The Bertz CT molecular complexity index is 2920. The fourth-order valence-corrected chi connectivity index (χ4v) is 8.85. The maximum Gasteiger partial charge on any atom is 0.0541 e. The quantitative estimate of drug-likeness (QED) is 0.167. The summed E-state index contributed by atoms with van der Waals surface area (Å²) in [5, 5.41) is 5.07. The molecule has 3 nitrogen and oxygen atoms in total. The van der Waals surface area contributed by atoms with Crippen LogP contribution >= 0.6 is 0 Å². The molecule has 10 aromatic rings. The summed E-state index contributed by atoms with van der Waals surface area (Å²) in [6.45, 7) is 4.35. The van der Waals surface area contributed by atoms with Gasteiger partial charge in [-0.1, -0.05) is 147 Å². The van der Waals surface area contributed by atoms with E-state index in [2.05, 4.69) is 211 Å². The zero-order valence-corrected chi connectivity index (χ0v) is 31.8. The molecule has 2 aromatic heterocycles. The average Bonchev–Trinajstić information content (AvgIpc) is 3.79. The number of rotatable bonds is 8. The van der Waals surface area contributed by atoms with Gasteiger partial charge in [0.25, 0.3) is 0 Å². The molecular weight excluding hydrogens is 679 g/mol. The topological polar surface area (TPSA) is 35.9 Å². The maximum atomic E-state index is 6.83. The van der Waals surface area contributed by atoms with Crippen LogP contribution in [0.1, 0.15) is 32.3 Å². The summed E-state index contributed by atoms with van der Waals surface area (Å²) in [6, 6.07) is 68.7. The minimum atomic E-state index is -0.320. The summed E-state index contributed by atoms with van der Waals surface area (Å²) in [5.74, 6) is 0. The minimum absolute atomic E-state index is 0.320. The van der Waals surface area contributed by atoms with Crippen molar-refractivity contribution in [2.75, 3.05) is 0 Å². The van der Waals surface area contributed by atoms with Crippen LogP contribution in [0.5, 0.6) is 0 Å². The van der Waals surface area contributed by atoms with Crippen molar-refractivity contribution in [3.8, 4) is 44.8 Å². The molecular formula is C53H43N3. The lowest BCUT2D eigenvalue weighted by Crippen LogP contribution is -2.34. The fraction of sp³-hybridized carbons (Fsp3) is 0.0943. The third-order valence-corrected chi connectivity index (χ3v) is 12.1. The van der Waals surface area contributed by atoms with Crippen LogP contribution in [0, 0.1) is 0 Å². The van der Waals surface area contributed by atoms with Crippen LogP contribution in [0.2, 0.25) is 0 Å². The lowest BCUT2D eigenvalue weighted by molar-refractivity contribution is 0.413. The predicted molar refractivity (Wildman–Crippen MR) is 238 cm³/mol. The van der Waals surface area contributed by atoms with E-state index in [9.17, 15) is 0 Å². The van der Waals surface area contributed by atoms with Gasteiger partial charge >= 0.3 is 0 Å². The van der Waals surface area contributed by atoms with Crippen molar-refractivity contribution < 1.29 is 0 Å². The van der Waals surface area contributed by atoms with Gasteiger partial charge < -0.3 is 14.9 Å². The molecule has 0 spiro atoms. The number of nitrogens with two attached hydrogens (primary N) is 1. The number of aromatic nitrogens is 2. The minimum Gasteiger partial charge on any atom is -0.321 e. The Morgan fingerprint density at radius 2 is 0.732 bits per heavy atom. The summed E-state index contributed by atoms with van der Waals surface area (Å²) in [7, 11) is 0. The third kappa shape index (κ3) is 5.46. The molecule has 2 heterocycles. The van der Waals surface area contributed by atoms with Crippen LogP contribution < -0.4 is 5.73 Å². The van der Waals surface area contributed by atoms with Gasteiger partial charge in [0.1, 0.15) is 0 Å². The van der Waals surface area contributed by atoms with Crippen molar-refractivity contribution in [3.05, 3.63) is 194 Å². The first-order valence-electron chi connectivity index (χ1n) is 19.8. The van der Waals surface area contributed by atoms with Gasteiger partial charge in [-0.3, -0.25) is 0 Å². The van der Waals surface area contributed by atoms with Crippen LogP contribution in [-0.4, -0.2) is 9.13 Å². The number of para-hydroxylation sites is 4. The standard InChI is InChI=1S/C53H43N3/c1-3-53(54,4-2)40-28-21-37(22-29-40)43-34-27-39(36-23-30-41(31-24-36)55-49-17-9-5-13-44(49)45-14-6-10-18-50(45)55)35-48(43)38-25-32-42(33-26-38)56-51-19-11-7-15-46(51)47-16-8-12-20-52(47)56/h5-35H,3-4,54H2,1-2H3. The Labute approximate surface area is 327 Å². The molecule has 3 heteroatoms. The van der Waals surface area contributed by atoms with Crippen LogP contribution in [0.25, 0.3) is 88.4 Å². The van der Waals surface area contributed by atoms with E-state index in [1.165, 1.54) is 82.6 Å². The van der Waals surface area contributed by atoms with Gasteiger partial charge in [0.2, 0.25) is 0 Å². The highest BCUT2D eigenvalue weighted by molar-refractivity contribution is 6.10. The summed E-state index contributed by atoms with van der Waals surface area (Å²) in [5.41, 5.74) is 21.9. The smallest absolute Gasteiger partial charge is 0.0541 e. The third-order valence-electron chi connectivity index (χ3n) is 12.1. The fourth-order valence-electron chi connectivity index (χ4n) is 8.85. The van der Waals surface area contributed by atoms with E-state index in [4.69, 9.17) is 5.73 Å². The SMILES string of the molecule is CCC(N)(CC)c1ccc(-c2ccc(-c3ccc(-n4c5ccccc5c5ccccc54)cc3)cc2-c2ccc(-n3c4ccccc4c4ccccc43)cc2)cc1. The van der Waals surface area contributed by atoms with E-state index in [1.807, 2.05) is 0 Å². The molecule has 0 amide bonds. The summed E-state index contributed by atoms with van der Waals surface area (Å²) < 4.78 is 4.75. The molecule has 0 aliphatic carbocycles. The normalized spacial score (nSPS) is 12.0. The summed E-state index contributed by atoms with van der Waals surface area (Å²) in [6.07, 6.45) is 1.80. The zero-order chi connectivity index (χ0) is 37.8. The largest absolute Gasteiger partial charge is 0.321 e. The van der Waals surface area contributed by atoms with E-state index in [-0.39, 0.29) is 5.54 Å². The molecule has 0 radical (unpaired) electrons. The molecule has 10 rings (SSSR count). The highest BCUT2D eigenvalue weighted by atomic mass is 15.0. The van der Waals surface area contributed by atoms with Gasteiger partial charge in [-0.25, -0.2) is 0 Å². The van der Waals surface area contributed by atoms with Crippen molar-refractivity contribution in [1.82, 2.24) is 9.13 Å². The van der Waals surface area contributed by atoms with Crippen LogP contribution in [0.15, 0.2) is 188 Å². The second-order valence-corrected chi connectivity index (χ2v) is 15.0. The van der Waals surface area contributed by atoms with Crippen LogP contribution in [0.4, 0.5) is 0 Å². The van der Waals surface area contributed by atoms with Crippen LogP contribution in [0.3, 0.4) is 0 Å². The molecule has 0 saturated carbocycles. The van der Waals surface area contributed by atoms with Crippen molar-refractivity contribution in [1.29, 1.82) is 0 Å². The monoisotopic (exact) mass is 721 g/mol. The van der Waals surface area contributed by atoms with Gasteiger partial charge in [0.15, 0.2) is 0 Å². The number of fused-ring (bicyclic) bond motifs is 6. The predicted octanol–water partition coefficient (Wildman–Crippen LogP) is 13.9. The van der Waals surface area contributed by atoms with Gasteiger partial charge in [-0.15, -0.1) is 0 Å². The average molecular weight is 722 g/mol. The highest BCUT2D eigenvalue weighted by Crippen LogP contribution is 2.39. The molecule has 0 fully saturated rings. The number of hydrogen-bond donors (Lipinski definition) is 1. The Hall–Kier alpha value is -6.68. The van der Waals surface area contributed by atoms with E-state index >= 15 is 0 Å². The van der Waals surface area contributed by atoms with E-state index in [0.717, 1.165) is 24.2 Å². The van der Waals surface area contributed by atoms with Gasteiger partial charge in [-0.05, 0) is 106 Å². The Morgan fingerprint density at radius 1 is 0.375 bits per heavy atom. The van der Waals surface area contributed by atoms with Gasteiger partial charge in [-0.2, -0.15) is 0 Å². The van der Waals surface area contributed by atoms with Crippen molar-refractivity contribution in [2.45, 2.75) is 32.2 Å². The lowest BCUT2D eigenvalue weighted by Gasteiger charge is -2.27. The number of hydrogen-bond acceptors (Lipinski definition) is 1. The molecule has 0 unspecified atom stereocenters. The Kier molecular flexibility index (Phi) is 8.20. The Balaban J connectivity index is 1.08. The first-order chi connectivity index (χ1) is 27.5. The van der Waals surface area contributed by atoms with Crippen LogP contribution in [-0.2, 0) is 5.54 Å². The van der Waals surface area contributed by atoms with Crippen molar-refractivity contribution in [3.63, 3.8) is 0 Å². The van der Waals surface area contributed by atoms with Gasteiger partial charge in [0.05, 0.1) is 22.1 Å². The summed E-state index contributed by atoms with van der Waals surface area (Å²) in [4.78, 5) is 0. The van der Waals surface area contributed by atoms with Crippen molar-refractivity contribution >= 4 is 43.6 Å². The second-order valence-electron chi connectivity index (χ2n) is 15.0. The number of nitrogens with zero attached hydrogens (tertiary/aromatic N) is 2. The molecule has 0 atom stereocenters. The Morgan fingerprint density at radius 3 is 1.16 bits per heavy atom. The molecule has 56 heavy (non-hydrogen) atoms. The first kappa shape index (κ1) is 33.9. The molecule has 8 aromatic carbocycles. The van der Waals surface area contributed by atoms with E-state index in [0.29, 0.717) is 0 Å². The molecule has 270 valence electrons. The molecule has 0 aliphatic heterocycles. The van der Waals surface area contributed by atoms with E-state index in [1.54, 1.807) is 0 Å².